The van der Waals surface area contributed by atoms with E-state index in [1.807, 2.05) is 11.3 Å². The molecule has 1 atom stereocenters. The summed E-state index contributed by atoms with van der Waals surface area (Å²) in [7, 11) is 0. The summed E-state index contributed by atoms with van der Waals surface area (Å²) < 4.78 is 1.31. The Hall–Kier alpha value is -0.450. The number of rotatable bonds is 3. The third-order valence-corrected chi connectivity index (χ3v) is 5.37. The van der Waals surface area contributed by atoms with Crippen molar-refractivity contribution in [2.75, 3.05) is 11.9 Å². The molecule has 0 N–H and O–H groups in total. The molecule has 0 amide bonds. The van der Waals surface area contributed by atoms with Crippen LogP contribution < -0.4 is 0 Å². The van der Waals surface area contributed by atoms with Crippen LogP contribution in [0, 0.1) is 0 Å². The minimum absolute atomic E-state index is 0.686. The first-order valence-corrected chi connectivity index (χ1v) is 8.45. The molecule has 1 aromatic carbocycles. The molecule has 1 fully saturated rings. The second-order valence-corrected chi connectivity index (χ2v) is 6.61. The first-order chi connectivity index (χ1) is 8.86. The molecule has 1 aromatic heterocycles. The van der Waals surface area contributed by atoms with Gasteiger partial charge in [0.05, 0.1) is 16.8 Å². The van der Waals surface area contributed by atoms with Crippen LogP contribution in [0.15, 0.2) is 24.3 Å². The van der Waals surface area contributed by atoms with Gasteiger partial charge in [-0.25, -0.2) is 4.98 Å². The molecular weight excluding hydrogens is 308 g/mol. The van der Waals surface area contributed by atoms with E-state index in [1.54, 1.807) is 0 Å². The Morgan fingerprint density at radius 1 is 1.33 bits per heavy atom. The summed E-state index contributed by atoms with van der Waals surface area (Å²) >= 11 is 5.48. The van der Waals surface area contributed by atoms with E-state index >= 15 is 0 Å². The Morgan fingerprint density at radius 3 is 3.06 bits per heavy atom. The zero-order valence-electron chi connectivity index (χ0n) is 10.3. The van der Waals surface area contributed by atoms with E-state index in [1.165, 1.54) is 35.5 Å². The predicted molar refractivity (Wildman–Crippen MR) is 81.5 cm³/mol. The van der Waals surface area contributed by atoms with Crippen LogP contribution in [0.2, 0.25) is 0 Å². The maximum Gasteiger partial charge on any atom is 0.108 e. The topological polar surface area (TPSA) is 16.1 Å². The monoisotopic (exact) mass is 324 g/mol. The minimum atomic E-state index is 0.686. The molecule has 1 aliphatic rings. The number of aromatic nitrogens is 1. The number of fused-ring (bicyclic) bond motifs is 1. The third-order valence-electron chi connectivity index (χ3n) is 3.60. The maximum atomic E-state index is 4.74. The summed E-state index contributed by atoms with van der Waals surface area (Å²) in [4.78, 5) is 7.32. The molecular formula is C14H17BrN2S. The first-order valence-electron chi connectivity index (χ1n) is 6.51. The molecule has 96 valence electrons. The fourth-order valence-electron chi connectivity index (χ4n) is 2.60. The normalized spacial score (nSPS) is 21.5. The van der Waals surface area contributed by atoms with Crippen molar-refractivity contribution in [1.82, 2.24) is 9.88 Å². The van der Waals surface area contributed by atoms with Crippen molar-refractivity contribution < 1.29 is 0 Å². The van der Waals surface area contributed by atoms with Gasteiger partial charge in [0.25, 0.3) is 0 Å². The summed E-state index contributed by atoms with van der Waals surface area (Å²) in [6.07, 6.45) is 4.01. The average molecular weight is 325 g/mol. The highest BCUT2D eigenvalue weighted by molar-refractivity contribution is 9.09. The van der Waals surface area contributed by atoms with Crippen LogP contribution in [0.5, 0.6) is 0 Å². The lowest BCUT2D eigenvalue weighted by molar-refractivity contribution is 0.156. The molecule has 1 unspecified atom stereocenters. The summed E-state index contributed by atoms with van der Waals surface area (Å²) in [5.74, 6) is 0. The van der Waals surface area contributed by atoms with Gasteiger partial charge in [-0.2, -0.15) is 0 Å². The lowest BCUT2D eigenvalue weighted by Crippen LogP contribution is -2.39. The Bertz CT molecular complexity index is 492. The maximum absolute atomic E-state index is 4.74. The van der Waals surface area contributed by atoms with Crippen LogP contribution in [0.1, 0.15) is 24.3 Å². The summed E-state index contributed by atoms with van der Waals surface area (Å²) in [5, 5.41) is 2.33. The molecule has 18 heavy (non-hydrogen) atoms. The average Bonchev–Trinajstić information content (AvgIpc) is 2.81. The van der Waals surface area contributed by atoms with Crippen LogP contribution in [0.4, 0.5) is 0 Å². The van der Waals surface area contributed by atoms with Gasteiger partial charge in [0.2, 0.25) is 0 Å². The van der Waals surface area contributed by atoms with Crippen LogP contribution in [0.3, 0.4) is 0 Å². The van der Waals surface area contributed by atoms with Gasteiger partial charge in [0.1, 0.15) is 5.01 Å². The Morgan fingerprint density at radius 2 is 2.22 bits per heavy atom. The zero-order valence-corrected chi connectivity index (χ0v) is 12.7. The largest absolute Gasteiger partial charge is 0.293 e. The number of para-hydroxylation sites is 1. The number of alkyl halides is 1. The summed E-state index contributed by atoms with van der Waals surface area (Å²) in [6, 6.07) is 9.11. The number of thiazole rings is 1. The number of hydrogen-bond acceptors (Lipinski definition) is 3. The van der Waals surface area contributed by atoms with Crippen molar-refractivity contribution in [2.45, 2.75) is 31.8 Å². The van der Waals surface area contributed by atoms with E-state index in [2.05, 4.69) is 45.1 Å². The minimum Gasteiger partial charge on any atom is -0.293 e. The quantitative estimate of drug-likeness (QED) is 0.792. The summed E-state index contributed by atoms with van der Waals surface area (Å²) in [5.41, 5.74) is 1.14. The van der Waals surface area contributed by atoms with Crippen molar-refractivity contribution in [3.05, 3.63) is 29.3 Å². The molecule has 2 heterocycles. The molecule has 0 saturated carbocycles. The van der Waals surface area contributed by atoms with E-state index in [0.29, 0.717) is 6.04 Å². The number of hydrogen-bond donors (Lipinski definition) is 0. The van der Waals surface area contributed by atoms with E-state index in [9.17, 15) is 0 Å². The number of benzene rings is 1. The van der Waals surface area contributed by atoms with Gasteiger partial charge in [-0.1, -0.05) is 34.5 Å². The smallest absolute Gasteiger partial charge is 0.108 e. The van der Waals surface area contributed by atoms with Crippen molar-refractivity contribution in [3.63, 3.8) is 0 Å². The Labute approximate surface area is 120 Å². The number of likely N-dealkylation sites (tertiary alicyclic amines) is 1. The van der Waals surface area contributed by atoms with Crippen molar-refractivity contribution >= 4 is 37.5 Å². The number of nitrogens with zero attached hydrogens (tertiary/aromatic N) is 2. The SMILES string of the molecule is BrCC1CCCCN1Cc1nc2ccccc2s1. The highest BCUT2D eigenvalue weighted by Crippen LogP contribution is 2.26. The highest BCUT2D eigenvalue weighted by Gasteiger charge is 2.22. The molecule has 0 radical (unpaired) electrons. The lowest BCUT2D eigenvalue weighted by atomic mass is 10.0. The Balaban J connectivity index is 1.78. The van der Waals surface area contributed by atoms with Gasteiger partial charge < -0.3 is 0 Å². The number of piperidine rings is 1. The Kier molecular flexibility index (Phi) is 3.97. The predicted octanol–water partition coefficient (Wildman–Crippen LogP) is 4.05. The van der Waals surface area contributed by atoms with Gasteiger partial charge >= 0.3 is 0 Å². The van der Waals surface area contributed by atoms with Gasteiger partial charge in [-0.3, -0.25) is 4.90 Å². The van der Waals surface area contributed by atoms with Crippen LogP contribution in [-0.2, 0) is 6.54 Å². The second kappa shape index (κ2) is 5.68. The van der Waals surface area contributed by atoms with Crippen molar-refractivity contribution in [3.8, 4) is 0 Å². The van der Waals surface area contributed by atoms with Crippen molar-refractivity contribution in [2.24, 2.45) is 0 Å². The zero-order chi connectivity index (χ0) is 12.4. The van der Waals surface area contributed by atoms with E-state index in [-0.39, 0.29) is 0 Å². The highest BCUT2D eigenvalue weighted by atomic mass is 79.9. The van der Waals surface area contributed by atoms with Gasteiger partial charge in [-0.05, 0) is 31.5 Å². The first kappa shape index (κ1) is 12.6. The van der Waals surface area contributed by atoms with Crippen LogP contribution in [-0.4, -0.2) is 27.8 Å². The van der Waals surface area contributed by atoms with Gasteiger partial charge in [-0.15, -0.1) is 11.3 Å². The molecule has 0 aliphatic carbocycles. The van der Waals surface area contributed by atoms with E-state index in [4.69, 9.17) is 4.98 Å². The van der Waals surface area contributed by atoms with Gasteiger partial charge in [0, 0.05) is 11.4 Å². The molecule has 2 nitrogen and oxygen atoms in total. The molecule has 1 saturated heterocycles. The third kappa shape index (κ3) is 2.60. The molecule has 0 bridgehead atoms. The van der Waals surface area contributed by atoms with Crippen LogP contribution in [0.25, 0.3) is 10.2 Å². The molecule has 3 rings (SSSR count). The molecule has 0 spiro atoms. The lowest BCUT2D eigenvalue weighted by Gasteiger charge is -2.33. The number of halogens is 1. The fourth-order valence-corrected chi connectivity index (χ4v) is 4.33. The molecule has 2 aromatic rings. The molecule has 1 aliphatic heterocycles. The fraction of sp³-hybridized carbons (Fsp3) is 0.500. The van der Waals surface area contributed by atoms with Crippen molar-refractivity contribution in [1.29, 1.82) is 0 Å². The van der Waals surface area contributed by atoms with E-state index < -0.39 is 0 Å². The summed E-state index contributed by atoms with van der Waals surface area (Å²) in [6.45, 7) is 2.22. The van der Waals surface area contributed by atoms with Crippen LogP contribution >= 0.6 is 27.3 Å². The van der Waals surface area contributed by atoms with E-state index in [0.717, 1.165) is 17.4 Å². The van der Waals surface area contributed by atoms with Gasteiger partial charge in [0.15, 0.2) is 0 Å². The molecule has 4 heteroatoms. The standard InChI is InChI=1S/C14H17BrN2S/c15-9-11-5-3-4-8-17(11)10-14-16-12-6-1-2-7-13(12)18-14/h1-2,6-7,11H,3-5,8-10H2. The second-order valence-electron chi connectivity index (χ2n) is 4.85.